The summed E-state index contributed by atoms with van der Waals surface area (Å²) in [7, 11) is 0. The van der Waals surface area contributed by atoms with Crippen LogP contribution in [0.15, 0.2) is 77.8 Å². The van der Waals surface area contributed by atoms with Gasteiger partial charge in [0.1, 0.15) is 6.61 Å². The van der Waals surface area contributed by atoms with Crippen molar-refractivity contribution in [3.8, 4) is 0 Å². The van der Waals surface area contributed by atoms with E-state index in [1.54, 1.807) is 0 Å². The van der Waals surface area contributed by atoms with E-state index in [9.17, 15) is 4.79 Å². The highest BCUT2D eigenvalue weighted by molar-refractivity contribution is 6.11. The van der Waals surface area contributed by atoms with E-state index >= 15 is 0 Å². The van der Waals surface area contributed by atoms with Gasteiger partial charge in [0.25, 0.3) is 5.91 Å². The van der Waals surface area contributed by atoms with Crippen molar-refractivity contribution in [1.82, 2.24) is 0 Å². The number of rotatable bonds is 5. The molecule has 0 radical (unpaired) electrons. The smallest absolute Gasteiger partial charge is 0.255 e. The van der Waals surface area contributed by atoms with E-state index in [1.165, 1.54) is 0 Å². The number of carbonyl (C=O) groups is 1. The predicted octanol–water partition coefficient (Wildman–Crippen LogP) is 5.19. The van der Waals surface area contributed by atoms with E-state index in [0.717, 1.165) is 22.3 Å². The lowest BCUT2D eigenvalue weighted by atomic mass is 10.0. The zero-order chi connectivity index (χ0) is 20.1. The highest BCUT2D eigenvalue weighted by Crippen LogP contribution is 2.26. The van der Waals surface area contributed by atoms with Crippen LogP contribution < -0.4 is 5.32 Å². The average Bonchev–Trinajstić information content (AvgIpc) is 3.27. The minimum absolute atomic E-state index is 0.155. The number of hydrogen-bond acceptors (Lipinski definition) is 3. The number of carbonyl (C=O) groups excluding carboxylic acids is 1. The number of hydrogen-bond donors (Lipinski definition) is 1. The van der Waals surface area contributed by atoms with Crippen LogP contribution in [0.1, 0.15) is 32.6 Å². The second kappa shape index (κ2) is 8.57. The summed E-state index contributed by atoms with van der Waals surface area (Å²) in [6.45, 7) is 3.15. The van der Waals surface area contributed by atoms with Crippen LogP contribution in [0.4, 0.5) is 5.69 Å². The number of aryl methyl sites for hydroxylation is 1. The minimum atomic E-state index is -0.155. The van der Waals surface area contributed by atoms with Gasteiger partial charge in [-0.2, -0.15) is 0 Å². The predicted molar refractivity (Wildman–Crippen MR) is 118 cm³/mol. The van der Waals surface area contributed by atoms with Crippen molar-refractivity contribution in [3.05, 3.63) is 101 Å². The van der Waals surface area contributed by atoms with Crippen molar-refractivity contribution in [1.29, 1.82) is 0 Å². The molecule has 3 aromatic rings. The van der Waals surface area contributed by atoms with Crippen LogP contribution in [-0.4, -0.2) is 25.0 Å². The van der Waals surface area contributed by atoms with Crippen LogP contribution in [0.3, 0.4) is 0 Å². The van der Waals surface area contributed by atoms with Crippen molar-refractivity contribution in [2.45, 2.75) is 6.92 Å². The molecule has 1 aliphatic rings. The summed E-state index contributed by atoms with van der Waals surface area (Å²) in [4.78, 5) is 17.3. The van der Waals surface area contributed by atoms with Crippen molar-refractivity contribution in [2.24, 2.45) is 4.99 Å². The van der Waals surface area contributed by atoms with Crippen LogP contribution in [0.25, 0.3) is 12.2 Å². The van der Waals surface area contributed by atoms with E-state index in [0.29, 0.717) is 30.3 Å². The van der Waals surface area contributed by atoms with Gasteiger partial charge in [-0.25, -0.2) is 4.99 Å². The van der Waals surface area contributed by atoms with Gasteiger partial charge in [-0.1, -0.05) is 72.3 Å². The zero-order valence-electron chi connectivity index (χ0n) is 16.3. The largest absolute Gasteiger partial charge is 0.475 e. The average molecular weight is 382 g/mol. The number of benzene rings is 3. The maximum Gasteiger partial charge on any atom is 0.255 e. The Labute approximate surface area is 170 Å². The van der Waals surface area contributed by atoms with Gasteiger partial charge < -0.3 is 10.1 Å². The third kappa shape index (κ3) is 4.43. The first-order valence-corrected chi connectivity index (χ1v) is 9.62. The summed E-state index contributed by atoms with van der Waals surface area (Å²) >= 11 is 0. The second-order valence-electron chi connectivity index (χ2n) is 6.87. The summed E-state index contributed by atoms with van der Waals surface area (Å²) in [5.74, 6) is 0.413. The fourth-order valence-corrected chi connectivity index (χ4v) is 3.27. The third-order valence-electron chi connectivity index (χ3n) is 4.68. The molecule has 1 N–H and O–H groups in total. The van der Waals surface area contributed by atoms with Gasteiger partial charge in [-0.3, -0.25) is 4.79 Å². The number of nitrogens with one attached hydrogen (secondary N) is 1. The molecule has 0 bridgehead atoms. The molecule has 0 unspecified atom stereocenters. The van der Waals surface area contributed by atoms with Crippen molar-refractivity contribution in [2.75, 3.05) is 18.5 Å². The van der Waals surface area contributed by atoms with Crippen molar-refractivity contribution < 1.29 is 9.53 Å². The Morgan fingerprint density at radius 3 is 2.59 bits per heavy atom. The van der Waals surface area contributed by atoms with Gasteiger partial charge in [0.2, 0.25) is 5.90 Å². The van der Waals surface area contributed by atoms with E-state index < -0.39 is 0 Å². The molecule has 0 aromatic heterocycles. The van der Waals surface area contributed by atoms with Crippen LogP contribution in [0.2, 0.25) is 0 Å². The van der Waals surface area contributed by atoms with Gasteiger partial charge in [-0.05, 0) is 36.2 Å². The zero-order valence-corrected chi connectivity index (χ0v) is 16.3. The molecule has 4 heteroatoms. The molecule has 0 spiro atoms. The molecule has 1 heterocycles. The SMILES string of the molecule is Cc1cccc(C(=O)Nc2cccc(/C=C/c3ccccc3)c2C2=NCCO2)c1. The molecule has 1 aliphatic heterocycles. The molecule has 0 aliphatic carbocycles. The minimum Gasteiger partial charge on any atom is -0.475 e. The Bertz CT molecular complexity index is 1080. The maximum absolute atomic E-state index is 12.8. The van der Waals surface area contributed by atoms with E-state index in [2.05, 4.69) is 10.3 Å². The Morgan fingerprint density at radius 1 is 1.00 bits per heavy atom. The summed E-state index contributed by atoms with van der Waals surface area (Å²) in [6, 6.07) is 23.4. The molecule has 3 aromatic carbocycles. The van der Waals surface area contributed by atoms with Crippen LogP contribution >= 0.6 is 0 Å². The van der Waals surface area contributed by atoms with E-state index in [1.807, 2.05) is 91.9 Å². The number of aliphatic imine (C=N–C) groups is 1. The Hall–Kier alpha value is -3.66. The first-order chi connectivity index (χ1) is 14.2. The molecule has 0 saturated heterocycles. The maximum atomic E-state index is 12.8. The highest BCUT2D eigenvalue weighted by Gasteiger charge is 2.19. The molecule has 0 saturated carbocycles. The molecular formula is C25H22N2O2. The topological polar surface area (TPSA) is 50.7 Å². The normalized spacial score (nSPS) is 13.2. The van der Waals surface area contributed by atoms with Gasteiger partial charge >= 0.3 is 0 Å². The van der Waals surface area contributed by atoms with Crippen LogP contribution in [0, 0.1) is 6.92 Å². The van der Waals surface area contributed by atoms with Crippen LogP contribution in [-0.2, 0) is 4.74 Å². The highest BCUT2D eigenvalue weighted by atomic mass is 16.5. The first kappa shape index (κ1) is 18.7. The number of ether oxygens (including phenoxy) is 1. The van der Waals surface area contributed by atoms with Crippen molar-refractivity contribution in [3.63, 3.8) is 0 Å². The van der Waals surface area contributed by atoms with E-state index in [4.69, 9.17) is 4.74 Å². The summed E-state index contributed by atoms with van der Waals surface area (Å²) in [5, 5.41) is 3.04. The van der Waals surface area contributed by atoms with E-state index in [-0.39, 0.29) is 5.91 Å². The van der Waals surface area contributed by atoms with Gasteiger partial charge in [-0.15, -0.1) is 0 Å². The Balaban J connectivity index is 1.70. The Morgan fingerprint density at radius 2 is 1.83 bits per heavy atom. The third-order valence-corrected chi connectivity index (χ3v) is 4.68. The molecule has 29 heavy (non-hydrogen) atoms. The molecule has 4 rings (SSSR count). The molecule has 1 amide bonds. The van der Waals surface area contributed by atoms with Crippen LogP contribution in [0.5, 0.6) is 0 Å². The fraction of sp³-hybridized carbons (Fsp3) is 0.120. The molecule has 0 fully saturated rings. The van der Waals surface area contributed by atoms with Gasteiger partial charge in [0.15, 0.2) is 0 Å². The monoisotopic (exact) mass is 382 g/mol. The summed E-state index contributed by atoms with van der Waals surface area (Å²) in [6.07, 6.45) is 4.07. The number of amides is 1. The molecule has 144 valence electrons. The van der Waals surface area contributed by atoms with Crippen molar-refractivity contribution >= 4 is 29.6 Å². The summed E-state index contributed by atoms with van der Waals surface area (Å²) in [5.41, 5.74) is 5.19. The quantitative estimate of drug-likeness (QED) is 0.617. The lowest BCUT2D eigenvalue weighted by molar-refractivity contribution is 0.102. The second-order valence-corrected chi connectivity index (χ2v) is 6.87. The standard InChI is InChI=1S/C25H22N2O2/c1-18-7-5-11-21(17-18)24(28)27-22-12-6-10-20(23(22)25-26-15-16-29-25)14-13-19-8-3-2-4-9-19/h2-14,17H,15-16H2,1H3,(H,27,28)/b14-13+. The molecule has 0 atom stereocenters. The first-order valence-electron chi connectivity index (χ1n) is 9.62. The van der Waals surface area contributed by atoms with Gasteiger partial charge in [0, 0.05) is 5.56 Å². The lowest BCUT2D eigenvalue weighted by Crippen LogP contribution is -2.16. The molecule has 4 nitrogen and oxygen atoms in total. The Kier molecular flexibility index (Phi) is 5.52. The summed E-state index contributed by atoms with van der Waals surface area (Å²) < 4.78 is 5.74. The molecular weight excluding hydrogens is 360 g/mol. The lowest BCUT2D eigenvalue weighted by Gasteiger charge is -2.14. The number of nitrogens with zero attached hydrogens (tertiary/aromatic N) is 1. The fourth-order valence-electron chi connectivity index (χ4n) is 3.27. The van der Waals surface area contributed by atoms with Gasteiger partial charge in [0.05, 0.1) is 17.8 Å². The number of anilines is 1.